The van der Waals surface area contributed by atoms with E-state index in [0.29, 0.717) is 76.6 Å². The molecule has 0 heterocycles. The average Bonchev–Trinajstić information content (AvgIpc) is 1.51. The molecule has 0 amide bonds. The van der Waals surface area contributed by atoms with Gasteiger partial charge in [-0.25, -0.2) is 9.98 Å². The molecule has 6 aliphatic rings. The Kier molecular flexibility index (Phi) is 10.2. The fourth-order valence-corrected chi connectivity index (χ4v) is 13.1. The van der Waals surface area contributed by atoms with E-state index in [1.54, 1.807) is 133 Å². The smallest absolute Gasteiger partial charge is 0.218 e. The summed E-state index contributed by atoms with van der Waals surface area (Å²) in [6.45, 7) is 0. The summed E-state index contributed by atoms with van der Waals surface area (Å²) in [4.78, 5) is 98.0. The van der Waals surface area contributed by atoms with Crippen molar-refractivity contribution in [2.75, 3.05) is 10.6 Å². The van der Waals surface area contributed by atoms with Crippen LogP contribution in [0.2, 0.25) is 0 Å². The lowest BCUT2D eigenvalue weighted by Gasteiger charge is -2.22. The highest BCUT2D eigenvalue weighted by Crippen LogP contribution is 2.46. The lowest BCUT2D eigenvalue weighted by atomic mass is 9.82. The number of rotatable bonds is 8. The number of ketones is 4. The predicted molar refractivity (Wildman–Crippen MR) is 327 cm³/mol. The Morgan fingerprint density at radius 1 is 0.286 bits per heavy atom. The molecule has 0 radical (unpaired) electrons. The minimum Gasteiger partial charge on any atom is -0.493 e. The maximum atomic E-state index is 15.3. The summed E-state index contributed by atoms with van der Waals surface area (Å²) in [5.74, 6) is -2.36. The normalized spacial score (nSPS) is 13.4. The van der Waals surface area contributed by atoms with E-state index >= 15 is 9.59 Å². The topological polar surface area (TPSA) is 192 Å². The van der Waals surface area contributed by atoms with Crippen molar-refractivity contribution in [2.24, 2.45) is 9.98 Å². The molecule has 0 unspecified atom stereocenters. The van der Waals surface area contributed by atoms with Crippen molar-refractivity contribution < 1.29 is 29.4 Å². The summed E-state index contributed by atoms with van der Waals surface area (Å²) in [7, 11) is 0. The summed E-state index contributed by atoms with van der Waals surface area (Å²) in [5.41, 5.74) is 3.10. The van der Waals surface area contributed by atoms with E-state index in [2.05, 4.69) is 20.6 Å². The van der Waals surface area contributed by atoms with Crippen LogP contribution in [0, 0.1) is 20.9 Å². The van der Waals surface area contributed by atoms with Gasteiger partial charge in [0.05, 0.1) is 67.2 Å². The Labute approximate surface area is 473 Å². The number of nitrogens with zero attached hydrogens (tertiary/aromatic N) is 2. The summed E-state index contributed by atoms with van der Waals surface area (Å²) in [6.07, 6.45) is 0. The van der Waals surface area contributed by atoms with Gasteiger partial charge in [0.15, 0.2) is 34.0 Å². The average molecular weight is 1090 g/mol. The number of carbonyl (C=O) groups is 4. The Hall–Kier alpha value is -11.8. The van der Waals surface area contributed by atoms with E-state index in [0.717, 1.165) is 32.0 Å². The van der Waals surface area contributed by atoms with Crippen molar-refractivity contribution in [1.29, 1.82) is 0 Å². The molecule has 6 aliphatic carbocycles. The van der Waals surface area contributed by atoms with E-state index in [1.807, 2.05) is 72.8 Å². The van der Waals surface area contributed by atoms with Crippen LogP contribution in [0.3, 0.4) is 0 Å². The second kappa shape index (κ2) is 17.9. The Balaban J connectivity index is 0.867. The van der Waals surface area contributed by atoms with E-state index in [9.17, 15) is 29.4 Å². The first-order valence-corrected chi connectivity index (χ1v) is 27.1. The first-order chi connectivity index (χ1) is 41.0. The van der Waals surface area contributed by atoms with Crippen LogP contribution in [0.1, 0.15) is 74.8 Å². The highest BCUT2D eigenvalue weighted by atomic mass is 16.3. The third kappa shape index (κ3) is 6.70. The minimum absolute atomic E-state index is 0.0726. The molecule has 0 aromatic heterocycles. The zero-order valence-corrected chi connectivity index (χ0v) is 43.9. The lowest BCUT2D eigenvalue weighted by Crippen LogP contribution is -2.22. The molecule has 4 N–H and O–H groups in total. The predicted octanol–water partition coefficient (Wildman–Crippen LogP) is 14.2. The molecule has 10 aromatic carbocycles. The standard InChI is InChI=1S/C72H38N4O8/c77-65-39-21-9-7-19-37(39)57-60-42-32-34-52(74-48-28-12-24-44-54(48)68(80)46-26-14-30-50(56(46)70(44)82)76-72(84)36-17-5-2-6-18-36)64-62(42)58(38-20-8-10-22-40(38)66(64)78)59(60)41-31-33-51(63(65)61(41)57)73-47-27-11-23-43-53(47)67(79)45-25-13-29-49(55(45)69(43)81)75-71(83)35-15-3-1-4-16-35/h1-34,73-74H,(H,75,83)(H,76,84). The van der Waals surface area contributed by atoms with Crippen LogP contribution >= 0.6 is 0 Å². The number of nitrogens with one attached hydrogen (secondary N) is 2. The maximum Gasteiger partial charge on any atom is 0.218 e. The zero-order valence-electron chi connectivity index (χ0n) is 43.9. The van der Waals surface area contributed by atoms with Crippen molar-refractivity contribution in [1.82, 2.24) is 0 Å². The van der Waals surface area contributed by atoms with Gasteiger partial charge in [-0.05, 0) is 103 Å². The molecular weight excluding hydrogens is 1050 g/mol. The van der Waals surface area contributed by atoms with Crippen LogP contribution in [0.4, 0.5) is 34.1 Å². The van der Waals surface area contributed by atoms with Crippen LogP contribution < -0.4 is 21.5 Å². The summed E-state index contributed by atoms with van der Waals surface area (Å²) in [6, 6.07) is 59.4. The molecule has 0 saturated heterocycles. The Morgan fingerprint density at radius 3 is 1.02 bits per heavy atom. The first kappa shape index (κ1) is 48.2. The fourth-order valence-electron chi connectivity index (χ4n) is 13.1. The van der Waals surface area contributed by atoms with Crippen LogP contribution in [0.15, 0.2) is 226 Å². The van der Waals surface area contributed by atoms with E-state index in [-0.39, 0.29) is 78.5 Å². The summed E-state index contributed by atoms with van der Waals surface area (Å²) in [5, 5.41) is 38.2. The fraction of sp³-hybridized carbons (Fsp3) is 0. The van der Waals surface area contributed by atoms with Gasteiger partial charge >= 0.3 is 0 Å². The zero-order chi connectivity index (χ0) is 56.8. The third-order valence-corrected chi connectivity index (χ3v) is 16.7. The number of aliphatic imine (C=N–C) groups is 2. The number of fused-ring (bicyclic) bond motifs is 13. The number of aliphatic hydroxyl groups is 2. The second-order valence-electron chi connectivity index (χ2n) is 21.1. The molecule has 0 saturated carbocycles. The molecule has 16 rings (SSSR count). The van der Waals surface area contributed by atoms with Gasteiger partial charge in [0, 0.05) is 54.6 Å². The molecule has 12 heteroatoms. The van der Waals surface area contributed by atoms with E-state index in [1.165, 1.54) is 0 Å². The Morgan fingerprint density at radius 2 is 0.619 bits per heavy atom. The largest absolute Gasteiger partial charge is 0.493 e. The van der Waals surface area contributed by atoms with Gasteiger partial charge in [0.2, 0.25) is 11.8 Å². The quantitative estimate of drug-likeness (QED) is 0.0841. The number of aliphatic hydroxyl groups excluding tert-OH is 2. The number of anilines is 4. The van der Waals surface area contributed by atoms with Crippen LogP contribution in [0.25, 0.3) is 53.9 Å². The highest BCUT2D eigenvalue weighted by molar-refractivity contribution is 6.33. The monoisotopic (exact) mass is 1090 g/mol. The molecule has 12 nitrogen and oxygen atoms in total. The van der Waals surface area contributed by atoms with Gasteiger partial charge in [-0.3, -0.25) is 28.8 Å². The van der Waals surface area contributed by atoms with Gasteiger partial charge in [-0.2, -0.15) is 0 Å². The minimum atomic E-state index is -0.445. The van der Waals surface area contributed by atoms with Crippen molar-refractivity contribution >= 4 is 123 Å². The van der Waals surface area contributed by atoms with Gasteiger partial charge in [0.1, 0.15) is 0 Å². The first-order valence-electron chi connectivity index (χ1n) is 27.1. The van der Waals surface area contributed by atoms with Crippen LogP contribution in [-0.2, 0) is 0 Å². The van der Waals surface area contributed by atoms with Gasteiger partial charge < -0.3 is 20.8 Å². The molecule has 10 aromatic rings. The molecule has 84 heavy (non-hydrogen) atoms. The molecule has 0 bridgehead atoms. The number of hydrogen-bond donors (Lipinski definition) is 4. The summed E-state index contributed by atoms with van der Waals surface area (Å²) < 4.78 is 0. The number of benzene rings is 10. The molecular formula is C72H38N4O8. The van der Waals surface area contributed by atoms with E-state index in [4.69, 9.17) is 0 Å². The lowest BCUT2D eigenvalue weighted by molar-refractivity contribution is 0.0980. The molecule has 394 valence electrons. The molecule has 0 aliphatic heterocycles. The third-order valence-electron chi connectivity index (χ3n) is 16.7. The molecule has 0 fully saturated rings. The maximum absolute atomic E-state index is 15.3. The van der Waals surface area contributed by atoms with Crippen LogP contribution in [0.5, 0.6) is 0 Å². The van der Waals surface area contributed by atoms with Crippen molar-refractivity contribution in [3.63, 3.8) is 0 Å². The summed E-state index contributed by atoms with van der Waals surface area (Å²) >= 11 is 0. The number of hydrogen-bond acceptors (Lipinski definition) is 10. The Bertz CT molecular complexity index is 5300. The highest BCUT2D eigenvalue weighted by Gasteiger charge is 2.36. The van der Waals surface area contributed by atoms with Crippen molar-refractivity contribution in [3.8, 4) is 0 Å². The second-order valence-corrected chi connectivity index (χ2v) is 21.1. The molecule has 0 atom stereocenters. The van der Waals surface area contributed by atoms with Gasteiger partial charge in [-0.1, -0.05) is 146 Å². The van der Waals surface area contributed by atoms with Crippen molar-refractivity contribution in [3.05, 3.63) is 303 Å². The van der Waals surface area contributed by atoms with E-state index < -0.39 is 23.1 Å². The number of carbonyl (C=O) groups excluding carboxylic acids is 4. The van der Waals surface area contributed by atoms with Gasteiger partial charge in [-0.15, -0.1) is 0 Å². The molecule has 0 spiro atoms. The van der Waals surface area contributed by atoms with Crippen LogP contribution in [-0.4, -0.2) is 45.1 Å². The van der Waals surface area contributed by atoms with Gasteiger partial charge in [0.25, 0.3) is 0 Å². The van der Waals surface area contributed by atoms with Crippen molar-refractivity contribution in [2.45, 2.75) is 0 Å². The SMILES string of the molecule is O=C1c2cccc(Nc3ccc4c5c3c(=O)c3ccccc3c=5c3c5ccc(Nc6cccc7c6C(=O)c6cccc(N=C(O)c8ccccc8)c6C7=O)c6c(=O)c7ccccc7c(c43)=c65)c2C(=O)c2cccc(N=C(O)c3ccccc3)c21.